The Bertz CT molecular complexity index is 425. The third kappa shape index (κ3) is 2.91. The molecule has 2 aliphatic heterocycles. The fourth-order valence-corrected chi connectivity index (χ4v) is 3.05. The van der Waals surface area contributed by atoms with Crippen LogP contribution in [0.5, 0.6) is 5.75 Å². The molecule has 0 spiro atoms. The van der Waals surface area contributed by atoms with Gasteiger partial charge in [0.1, 0.15) is 5.75 Å². The Morgan fingerprint density at radius 2 is 2.11 bits per heavy atom. The molecule has 2 aliphatic rings. The number of aliphatic hydroxyl groups is 1. The summed E-state index contributed by atoms with van der Waals surface area (Å²) in [5, 5.41) is 10.3. The lowest BCUT2D eigenvalue weighted by atomic mass is 10.1. The summed E-state index contributed by atoms with van der Waals surface area (Å²) >= 11 is 0. The van der Waals surface area contributed by atoms with Crippen molar-refractivity contribution < 1.29 is 14.6 Å². The predicted octanol–water partition coefficient (Wildman–Crippen LogP) is 1.59. The first kappa shape index (κ1) is 12.9. The number of fused-ring (bicyclic) bond motifs is 2. The molecule has 2 fully saturated rings. The van der Waals surface area contributed by atoms with E-state index in [-0.39, 0.29) is 0 Å². The van der Waals surface area contributed by atoms with Crippen LogP contribution in [0.4, 0.5) is 0 Å². The SMILES string of the molecule is COc1cccc(C(O)CN2CC3CCC(C2)O3)c1. The normalized spacial score (nSPS) is 28.3. The molecular formula is C15H21NO3. The highest BCUT2D eigenvalue weighted by Crippen LogP contribution is 2.28. The average Bonchev–Trinajstić information content (AvgIpc) is 2.78. The lowest BCUT2D eigenvalue weighted by molar-refractivity contribution is -0.0497. The minimum Gasteiger partial charge on any atom is -0.497 e. The van der Waals surface area contributed by atoms with Crippen LogP contribution in [-0.4, -0.2) is 49.0 Å². The van der Waals surface area contributed by atoms with E-state index in [4.69, 9.17) is 9.47 Å². The summed E-state index contributed by atoms with van der Waals surface area (Å²) in [6.45, 7) is 2.55. The van der Waals surface area contributed by atoms with Crippen LogP contribution in [0, 0.1) is 0 Å². The molecule has 19 heavy (non-hydrogen) atoms. The summed E-state index contributed by atoms with van der Waals surface area (Å²) in [5.41, 5.74) is 0.915. The maximum atomic E-state index is 10.3. The van der Waals surface area contributed by atoms with Crippen molar-refractivity contribution in [3.63, 3.8) is 0 Å². The summed E-state index contributed by atoms with van der Waals surface area (Å²) in [6.07, 6.45) is 2.60. The molecule has 4 nitrogen and oxygen atoms in total. The van der Waals surface area contributed by atoms with Crippen LogP contribution in [0.1, 0.15) is 24.5 Å². The van der Waals surface area contributed by atoms with E-state index in [9.17, 15) is 5.11 Å². The average molecular weight is 263 g/mol. The van der Waals surface area contributed by atoms with E-state index in [1.807, 2.05) is 24.3 Å². The van der Waals surface area contributed by atoms with Gasteiger partial charge in [-0.15, -0.1) is 0 Å². The maximum Gasteiger partial charge on any atom is 0.119 e. The molecule has 104 valence electrons. The number of hydrogen-bond donors (Lipinski definition) is 1. The molecule has 1 aromatic rings. The fourth-order valence-electron chi connectivity index (χ4n) is 3.05. The van der Waals surface area contributed by atoms with Gasteiger partial charge in [0.15, 0.2) is 0 Å². The molecule has 3 unspecified atom stereocenters. The molecule has 3 rings (SSSR count). The topological polar surface area (TPSA) is 41.9 Å². The number of benzene rings is 1. The van der Waals surface area contributed by atoms with Crippen molar-refractivity contribution in [3.05, 3.63) is 29.8 Å². The molecule has 0 amide bonds. The molecule has 0 aromatic heterocycles. The second-order valence-electron chi connectivity index (χ2n) is 5.47. The zero-order valence-corrected chi connectivity index (χ0v) is 11.3. The molecule has 1 aromatic carbocycles. The third-order valence-electron chi connectivity index (χ3n) is 4.03. The number of ether oxygens (including phenoxy) is 2. The Morgan fingerprint density at radius 3 is 2.79 bits per heavy atom. The van der Waals surface area contributed by atoms with E-state index < -0.39 is 6.10 Å². The number of β-amino-alcohol motifs (C(OH)–C–C–N with tert-alkyl or cyclic N) is 1. The van der Waals surface area contributed by atoms with Gasteiger partial charge < -0.3 is 14.6 Å². The van der Waals surface area contributed by atoms with Crippen LogP contribution in [0.2, 0.25) is 0 Å². The molecule has 1 N–H and O–H groups in total. The van der Waals surface area contributed by atoms with E-state index >= 15 is 0 Å². The first-order valence-electron chi connectivity index (χ1n) is 6.94. The predicted molar refractivity (Wildman–Crippen MR) is 72.3 cm³/mol. The molecule has 2 bridgehead atoms. The van der Waals surface area contributed by atoms with Gasteiger partial charge in [0.25, 0.3) is 0 Å². The zero-order valence-electron chi connectivity index (χ0n) is 11.3. The van der Waals surface area contributed by atoms with Gasteiger partial charge in [0, 0.05) is 19.6 Å². The minimum atomic E-state index is -0.465. The molecule has 0 radical (unpaired) electrons. The first-order chi connectivity index (χ1) is 9.24. The molecule has 4 heteroatoms. The van der Waals surface area contributed by atoms with Gasteiger partial charge in [-0.3, -0.25) is 4.90 Å². The fraction of sp³-hybridized carbons (Fsp3) is 0.600. The lowest BCUT2D eigenvalue weighted by Gasteiger charge is -2.33. The number of hydrogen-bond acceptors (Lipinski definition) is 4. The van der Waals surface area contributed by atoms with E-state index in [1.54, 1.807) is 7.11 Å². The van der Waals surface area contributed by atoms with Crippen LogP contribution in [0.15, 0.2) is 24.3 Å². The van der Waals surface area contributed by atoms with Gasteiger partial charge in [-0.1, -0.05) is 12.1 Å². The van der Waals surface area contributed by atoms with Gasteiger partial charge in [-0.05, 0) is 30.5 Å². The minimum absolute atomic E-state index is 0.372. The third-order valence-corrected chi connectivity index (χ3v) is 4.03. The largest absolute Gasteiger partial charge is 0.497 e. The summed E-state index contributed by atoms with van der Waals surface area (Å²) in [4.78, 5) is 2.32. The van der Waals surface area contributed by atoms with Gasteiger partial charge in [0.05, 0.1) is 25.4 Å². The number of methoxy groups -OCH3 is 1. The Balaban J connectivity index is 1.62. The van der Waals surface area contributed by atoms with Crippen LogP contribution in [0.25, 0.3) is 0 Å². The zero-order chi connectivity index (χ0) is 13.2. The van der Waals surface area contributed by atoms with Crippen LogP contribution < -0.4 is 4.74 Å². The van der Waals surface area contributed by atoms with Gasteiger partial charge in [0.2, 0.25) is 0 Å². The summed E-state index contributed by atoms with van der Waals surface area (Å²) in [5.74, 6) is 0.790. The molecule has 2 heterocycles. The summed E-state index contributed by atoms with van der Waals surface area (Å²) in [7, 11) is 1.64. The molecule has 0 saturated carbocycles. The van der Waals surface area contributed by atoms with E-state index in [1.165, 1.54) is 0 Å². The van der Waals surface area contributed by atoms with Crippen LogP contribution >= 0.6 is 0 Å². The number of morpholine rings is 1. The molecule has 2 saturated heterocycles. The van der Waals surface area contributed by atoms with Crippen molar-refractivity contribution in [1.82, 2.24) is 4.90 Å². The second kappa shape index (κ2) is 5.49. The highest BCUT2D eigenvalue weighted by atomic mass is 16.5. The molecular weight excluding hydrogens is 242 g/mol. The van der Waals surface area contributed by atoms with E-state index in [0.29, 0.717) is 18.8 Å². The quantitative estimate of drug-likeness (QED) is 0.896. The molecule has 0 aliphatic carbocycles. The van der Waals surface area contributed by atoms with Gasteiger partial charge in [-0.2, -0.15) is 0 Å². The van der Waals surface area contributed by atoms with Crippen molar-refractivity contribution >= 4 is 0 Å². The lowest BCUT2D eigenvalue weighted by Crippen LogP contribution is -2.44. The highest BCUT2D eigenvalue weighted by molar-refractivity contribution is 5.29. The number of rotatable bonds is 4. The monoisotopic (exact) mass is 263 g/mol. The summed E-state index contributed by atoms with van der Waals surface area (Å²) < 4.78 is 11.0. The number of aliphatic hydroxyl groups excluding tert-OH is 1. The Morgan fingerprint density at radius 1 is 1.37 bits per heavy atom. The van der Waals surface area contributed by atoms with E-state index in [0.717, 1.165) is 37.2 Å². The summed E-state index contributed by atoms with van der Waals surface area (Å²) in [6, 6.07) is 7.66. The first-order valence-corrected chi connectivity index (χ1v) is 6.94. The van der Waals surface area contributed by atoms with Crippen molar-refractivity contribution in [2.24, 2.45) is 0 Å². The van der Waals surface area contributed by atoms with Gasteiger partial charge >= 0.3 is 0 Å². The standard InChI is InChI=1S/C15H21NO3/c1-18-12-4-2-3-11(7-12)15(17)10-16-8-13-5-6-14(9-16)19-13/h2-4,7,13-15,17H,5-6,8-10H2,1H3. The van der Waals surface area contributed by atoms with Crippen molar-refractivity contribution in [1.29, 1.82) is 0 Å². The van der Waals surface area contributed by atoms with Gasteiger partial charge in [-0.25, -0.2) is 0 Å². The number of likely N-dealkylation sites (tertiary alicyclic amines) is 1. The van der Waals surface area contributed by atoms with Crippen molar-refractivity contribution in [3.8, 4) is 5.75 Å². The van der Waals surface area contributed by atoms with E-state index in [2.05, 4.69) is 4.90 Å². The highest BCUT2D eigenvalue weighted by Gasteiger charge is 2.34. The Labute approximate surface area is 113 Å². The van der Waals surface area contributed by atoms with Crippen molar-refractivity contribution in [2.45, 2.75) is 31.2 Å². The van der Waals surface area contributed by atoms with Crippen LogP contribution in [-0.2, 0) is 4.74 Å². The smallest absolute Gasteiger partial charge is 0.119 e. The van der Waals surface area contributed by atoms with Crippen LogP contribution in [0.3, 0.4) is 0 Å². The van der Waals surface area contributed by atoms with Crippen molar-refractivity contribution in [2.75, 3.05) is 26.7 Å². The number of nitrogens with zero attached hydrogens (tertiary/aromatic N) is 1. The Hall–Kier alpha value is -1.10. The second-order valence-corrected chi connectivity index (χ2v) is 5.47. The molecule has 3 atom stereocenters. The Kier molecular flexibility index (Phi) is 3.73. The maximum absolute atomic E-state index is 10.3.